The lowest BCUT2D eigenvalue weighted by Gasteiger charge is -2.14. The minimum absolute atomic E-state index is 0.156. The lowest BCUT2D eigenvalue weighted by Crippen LogP contribution is -2.27. The number of esters is 1. The van der Waals surface area contributed by atoms with Gasteiger partial charge in [0.25, 0.3) is 5.91 Å². The number of thioether (sulfide) groups is 1. The fourth-order valence-corrected chi connectivity index (χ4v) is 4.60. The zero-order chi connectivity index (χ0) is 22.2. The van der Waals surface area contributed by atoms with E-state index in [0.29, 0.717) is 43.5 Å². The standard InChI is InChI=1S/C23H15NO6S2/c1-27-22(26)14-4-2-13(3-5-14)17-9-7-16(30-17)11-20-21(25)24(23(31)32-20)15-6-8-18-19(10-15)29-12-28-18/h2-11H,12H2,1H3/b20-11+. The Kier molecular flexibility index (Phi) is 5.20. The van der Waals surface area contributed by atoms with Gasteiger partial charge in [0.1, 0.15) is 11.5 Å². The molecule has 0 unspecified atom stereocenters. The number of ether oxygens (including phenoxy) is 3. The van der Waals surface area contributed by atoms with Gasteiger partial charge in [0.15, 0.2) is 15.8 Å². The number of rotatable bonds is 4. The van der Waals surface area contributed by atoms with E-state index < -0.39 is 5.97 Å². The molecule has 0 N–H and O–H groups in total. The number of amides is 1. The molecule has 0 aliphatic carbocycles. The Labute approximate surface area is 192 Å². The number of carbonyl (C=O) groups is 2. The van der Waals surface area contributed by atoms with E-state index in [9.17, 15) is 9.59 Å². The van der Waals surface area contributed by atoms with Crippen LogP contribution in [0.4, 0.5) is 5.69 Å². The van der Waals surface area contributed by atoms with Crippen LogP contribution in [0.15, 0.2) is 63.9 Å². The molecule has 0 spiro atoms. The monoisotopic (exact) mass is 465 g/mol. The highest BCUT2D eigenvalue weighted by Gasteiger charge is 2.34. The molecular weight excluding hydrogens is 450 g/mol. The van der Waals surface area contributed by atoms with Gasteiger partial charge in [-0.1, -0.05) is 36.1 Å². The molecule has 9 heteroatoms. The number of carbonyl (C=O) groups excluding carboxylic acids is 2. The van der Waals surface area contributed by atoms with E-state index in [1.54, 1.807) is 60.7 Å². The second kappa shape index (κ2) is 8.18. The van der Waals surface area contributed by atoms with Crippen LogP contribution in [0, 0.1) is 0 Å². The first-order valence-corrected chi connectivity index (χ1v) is 10.7. The number of hydrogen-bond donors (Lipinski definition) is 0. The molecule has 0 saturated carbocycles. The molecule has 0 bridgehead atoms. The van der Waals surface area contributed by atoms with Gasteiger partial charge in [-0.15, -0.1) is 0 Å². The molecule has 0 radical (unpaired) electrons. The van der Waals surface area contributed by atoms with E-state index in [4.69, 9.17) is 30.8 Å². The first-order chi connectivity index (χ1) is 15.5. The SMILES string of the molecule is COC(=O)c1ccc(-c2ccc(/C=C3/SC(=S)N(c4ccc5c(c4)OCO5)C3=O)o2)cc1. The Morgan fingerprint density at radius 1 is 1.09 bits per heavy atom. The van der Waals surface area contributed by atoms with Crippen LogP contribution in [0.2, 0.25) is 0 Å². The van der Waals surface area contributed by atoms with Crippen LogP contribution >= 0.6 is 24.0 Å². The predicted molar refractivity (Wildman–Crippen MR) is 124 cm³/mol. The van der Waals surface area contributed by atoms with E-state index >= 15 is 0 Å². The van der Waals surface area contributed by atoms with Crippen LogP contribution in [0.25, 0.3) is 17.4 Å². The highest BCUT2D eigenvalue weighted by atomic mass is 32.2. The summed E-state index contributed by atoms with van der Waals surface area (Å²) in [6, 6.07) is 15.7. The first kappa shape index (κ1) is 20.3. The van der Waals surface area contributed by atoms with Gasteiger partial charge in [-0.3, -0.25) is 9.69 Å². The normalized spacial score (nSPS) is 16.2. The summed E-state index contributed by atoms with van der Waals surface area (Å²) < 4.78 is 21.7. The summed E-state index contributed by atoms with van der Waals surface area (Å²) in [4.78, 5) is 26.5. The molecule has 7 nitrogen and oxygen atoms in total. The van der Waals surface area contributed by atoms with Gasteiger partial charge in [-0.25, -0.2) is 4.79 Å². The quantitative estimate of drug-likeness (QED) is 0.307. The average molecular weight is 466 g/mol. The topological polar surface area (TPSA) is 78.2 Å². The second-order valence-electron chi connectivity index (χ2n) is 6.83. The Morgan fingerprint density at radius 3 is 2.66 bits per heavy atom. The summed E-state index contributed by atoms with van der Waals surface area (Å²) in [5.41, 5.74) is 1.87. The second-order valence-corrected chi connectivity index (χ2v) is 8.50. The van der Waals surface area contributed by atoms with Gasteiger partial charge >= 0.3 is 5.97 Å². The molecule has 3 aromatic rings. The molecular formula is C23H15NO6S2. The van der Waals surface area contributed by atoms with Crippen LogP contribution in [-0.2, 0) is 9.53 Å². The van der Waals surface area contributed by atoms with Gasteiger partial charge in [0, 0.05) is 17.7 Å². The molecule has 1 aromatic heterocycles. The maximum absolute atomic E-state index is 13.0. The van der Waals surface area contributed by atoms with Crippen LogP contribution in [-0.4, -0.2) is 30.1 Å². The molecule has 160 valence electrons. The maximum atomic E-state index is 13.0. The van der Waals surface area contributed by atoms with Gasteiger partial charge in [-0.2, -0.15) is 0 Å². The average Bonchev–Trinajstić information content (AvgIpc) is 3.53. The molecule has 1 amide bonds. The van der Waals surface area contributed by atoms with Crippen molar-refractivity contribution in [1.29, 1.82) is 0 Å². The Balaban J connectivity index is 1.37. The third-order valence-corrected chi connectivity index (χ3v) is 6.20. The van der Waals surface area contributed by atoms with Crippen LogP contribution in [0.5, 0.6) is 11.5 Å². The fraction of sp³-hybridized carbons (Fsp3) is 0.0870. The number of furan rings is 1. The number of benzene rings is 2. The summed E-state index contributed by atoms with van der Waals surface area (Å²) >= 11 is 6.64. The third-order valence-electron chi connectivity index (χ3n) is 4.90. The number of hydrogen-bond acceptors (Lipinski definition) is 8. The van der Waals surface area contributed by atoms with E-state index in [1.807, 2.05) is 0 Å². The third kappa shape index (κ3) is 3.65. The van der Waals surface area contributed by atoms with Crippen molar-refractivity contribution in [3.05, 3.63) is 70.8 Å². The molecule has 32 heavy (non-hydrogen) atoms. The summed E-state index contributed by atoms with van der Waals surface area (Å²) in [6.07, 6.45) is 1.67. The summed E-state index contributed by atoms with van der Waals surface area (Å²) in [5, 5.41) is 0. The zero-order valence-corrected chi connectivity index (χ0v) is 18.3. The van der Waals surface area contributed by atoms with Crippen LogP contribution in [0.1, 0.15) is 16.1 Å². The van der Waals surface area contributed by atoms with Crippen molar-refractivity contribution < 1.29 is 28.2 Å². The Bertz CT molecular complexity index is 1280. The highest BCUT2D eigenvalue weighted by molar-refractivity contribution is 8.27. The highest BCUT2D eigenvalue weighted by Crippen LogP contribution is 2.41. The Morgan fingerprint density at radius 2 is 1.88 bits per heavy atom. The van der Waals surface area contributed by atoms with Crippen molar-refractivity contribution in [3.8, 4) is 22.8 Å². The molecule has 2 aliphatic rings. The lowest BCUT2D eigenvalue weighted by atomic mass is 10.1. The van der Waals surface area contributed by atoms with E-state index in [0.717, 1.165) is 5.56 Å². The van der Waals surface area contributed by atoms with Crippen molar-refractivity contribution in [3.63, 3.8) is 0 Å². The molecule has 1 saturated heterocycles. The molecule has 2 aliphatic heterocycles. The summed E-state index contributed by atoms with van der Waals surface area (Å²) in [6.45, 7) is 0.156. The van der Waals surface area contributed by atoms with Crippen molar-refractivity contribution in [1.82, 2.24) is 0 Å². The number of anilines is 1. The minimum Gasteiger partial charge on any atom is -0.465 e. The molecule has 0 atom stereocenters. The lowest BCUT2D eigenvalue weighted by molar-refractivity contribution is -0.113. The van der Waals surface area contributed by atoms with Crippen LogP contribution in [0.3, 0.4) is 0 Å². The largest absolute Gasteiger partial charge is 0.465 e. The smallest absolute Gasteiger partial charge is 0.337 e. The molecule has 3 heterocycles. The van der Waals surface area contributed by atoms with E-state index in [2.05, 4.69) is 0 Å². The minimum atomic E-state index is -0.402. The van der Waals surface area contributed by atoms with Gasteiger partial charge in [0.05, 0.1) is 23.3 Å². The predicted octanol–water partition coefficient (Wildman–Crippen LogP) is 4.87. The summed E-state index contributed by atoms with van der Waals surface area (Å²) in [5.74, 6) is 1.70. The van der Waals surface area contributed by atoms with E-state index in [-0.39, 0.29) is 12.7 Å². The first-order valence-electron chi connectivity index (χ1n) is 9.50. The fourth-order valence-electron chi connectivity index (χ4n) is 3.32. The van der Waals surface area contributed by atoms with Gasteiger partial charge in [-0.05, 0) is 36.4 Å². The zero-order valence-electron chi connectivity index (χ0n) is 16.7. The maximum Gasteiger partial charge on any atom is 0.337 e. The number of nitrogens with zero attached hydrogens (tertiary/aromatic N) is 1. The number of thiocarbonyl (C=S) groups is 1. The number of fused-ring (bicyclic) bond motifs is 1. The van der Waals surface area contributed by atoms with Crippen molar-refractivity contribution in [2.45, 2.75) is 0 Å². The van der Waals surface area contributed by atoms with E-state index in [1.165, 1.54) is 23.8 Å². The van der Waals surface area contributed by atoms with Gasteiger partial charge in [0.2, 0.25) is 6.79 Å². The number of methoxy groups -OCH3 is 1. The summed E-state index contributed by atoms with van der Waals surface area (Å²) in [7, 11) is 1.34. The molecule has 5 rings (SSSR count). The van der Waals surface area contributed by atoms with Crippen molar-refractivity contribution >= 4 is 51.9 Å². The molecule has 2 aromatic carbocycles. The van der Waals surface area contributed by atoms with Gasteiger partial charge < -0.3 is 18.6 Å². The van der Waals surface area contributed by atoms with Crippen molar-refractivity contribution in [2.24, 2.45) is 0 Å². The Hall–Kier alpha value is -3.56. The van der Waals surface area contributed by atoms with Crippen molar-refractivity contribution in [2.75, 3.05) is 18.8 Å². The molecule has 1 fully saturated rings. The van der Waals surface area contributed by atoms with Crippen LogP contribution < -0.4 is 14.4 Å².